The molecule has 0 bridgehead atoms. The van der Waals surface area contributed by atoms with Crippen molar-refractivity contribution in [2.75, 3.05) is 0 Å². The molecule has 0 nitrogen and oxygen atoms in total. The van der Waals surface area contributed by atoms with E-state index in [-0.39, 0.29) is 30.2 Å². The summed E-state index contributed by atoms with van der Waals surface area (Å²) in [5.41, 5.74) is 4.44. The Morgan fingerprint density at radius 1 is 0.750 bits per heavy atom. The molecule has 0 aromatic carbocycles. The molecule has 0 aromatic heterocycles. The maximum absolute atomic E-state index is 2.70. The van der Waals surface area contributed by atoms with Gasteiger partial charge in [-0.25, -0.2) is 0 Å². The molecule has 0 amide bonds. The zero-order chi connectivity index (χ0) is 21.8. The topological polar surface area (TPSA) is 0 Å². The molecule has 6 atom stereocenters. The number of hydrogen-bond acceptors (Lipinski definition) is 0. The van der Waals surface area contributed by atoms with Gasteiger partial charge in [0.2, 0.25) is 0 Å². The first-order valence-corrected chi connectivity index (χ1v) is 21.5. The molecule has 4 aliphatic rings. The van der Waals surface area contributed by atoms with Gasteiger partial charge in [0.15, 0.2) is 0 Å². The summed E-state index contributed by atoms with van der Waals surface area (Å²) in [7, 11) is 0. The zero-order valence-electron chi connectivity index (χ0n) is 21.5. The minimum atomic E-state index is -1.74. The Bertz CT molecular complexity index is 793. The molecular formula is C28H44Cl2SiZr. The van der Waals surface area contributed by atoms with Crippen molar-refractivity contribution in [3.63, 3.8) is 0 Å². The number of fused-ring (bicyclic) bond motifs is 2. The Balaban J connectivity index is 0.00000181. The summed E-state index contributed by atoms with van der Waals surface area (Å²) in [5, 5.41) is 0. The van der Waals surface area contributed by atoms with E-state index >= 15 is 0 Å². The van der Waals surface area contributed by atoms with E-state index in [4.69, 9.17) is 0 Å². The summed E-state index contributed by atoms with van der Waals surface area (Å²) in [6.07, 6.45) is 20.4. The fourth-order valence-electron chi connectivity index (χ4n) is 7.53. The Morgan fingerprint density at radius 2 is 1.12 bits per heavy atom. The molecule has 6 unspecified atom stereocenters. The Kier molecular flexibility index (Phi) is 9.67. The summed E-state index contributed by atoms with van der Waals surface area (Å²) in [6, 6.07) is 0. The van der Waals surface area contributed by atoms with E-state index in [0.717, 1.165) is 30.9 Å². The van der Waals surface area contributed by atoms with E-state index in [2.05, 4.69) is 91.1 Å². The molecule has 4 rings (SSSR count). The van der Waals surface area contributed by atoms with Crippen LogP contribution in [0.25, 0.3) is 0 Å². The normalized spacial score (nSPS) is 36.1. The van der Waals surface area contributed by atoms with Gasteiger partial charge in [-0.2, -0.15) is 0 Å². The predicted octanol–water partition coefficient (Wildman–Crippen LogP) is 2.58. The molecule has 0 radical (unpaired) electrons. The number of rotatable bonds is 2. The van der Waals surface area contributed by atoms with Crippen LogP contribution in [0, 0.1) is 34.5 Å². The van der Waals surface area contributed by atoms with Crippen LogP contribution in [-0.4, -0.2) is 5.43 Å². The quantitative estimate of drug-likeness (QED) is 0.448. The van der Waals surface area contributed by atoms with Gasteiger partial charge in [-0.3, -0.25) is 0 Å². The van der Waals surface area contributed by atoms with Crippen LogP contribution >= 0.6 is 0 Å². The van der Waals surface area contributed by atoms with Crippen LogP contribution in [-0.2, 0) is 20.4 Å². The van der Waals surface area contributed by atoms with Gasteiger partial charge >= 0.3 is 195 Å². The molecule has 4 heteroatoms. The third-order valence-corrected chi connectivity index (χ3v) is 30.2. The second-order valence-corrected chi connectivity index (χ2v) is 30.6. The molecule has 0 aliphatic heterocycles. The van der Waals surface area contributed by atoms with Crippen LogP contribution in [0.3, 0.4) is 0 Å². The number of halogens is 2. The zero-order valence-corrected chi connectivity index (χ0v) is 26.5. The third-order valence-electron chi connectivity index (χ3n) is 9.15. The summed E-state index contributed by atoms with van der Waals surface area (Å²) in [4.78, 5) is 0. The Labute approximate surface area is 218 Å². The molecule has 0 spiro atoms. The van der Waals surface area contributed by atoms with Crippen molar-refractivity contribution in [3.8, 4) is 0 Å². The van der Waals surface area contributed by atoms with E-state index in [1.54, 1.807) is 0 Å². The van der Waals surface area contributed by atoms with Crippen molar-refractivity contribution in [1.82, 2.24) is 0 Å². The van der Waals surface area contributed by atoms with Crippen molar-refractivity contribution in [3.05, 3.63) is 47.6 Å². The fourth-order valence-corrected chi connectivity index (χ4v) is 31.1. The van der Waals surface area contributed by atoms with Gasteiger partial charge in [0.1, 0.15) is 0 Å². The van der Waals surface area contributed by atoms with Gasteiger partial charge in [0, 0.05) is 0 Å². The van der Waals surface area contributed by atoms with Crippen LogP contribution in [0.4, 0.5) is 0 Å². The van der Waals surface area contributed by atoms with Gasteiger partial charge in [0.05, 0.1) is 0 Å². The summed E-state index contributed by atoms with van der Waals surface area (Å²) in [6.45, 7) is 20.8. The SMILES string of the molecule is CC1CC2C(=CC=CCC2(C)C)[CH]1[Zr+2]([CH]1C2=CC=CCC(C)(C)C2CC1C)=[Si](C)C.[Cl-].[Cl-]. The van der Waals surface area contributed by atoms with E-state index in [0.29, 0.717) is 10.8 Å². The minimum absolute atomic E-state index is 0. The number of hydrogen-bond donors (Lipinski definition) is 0. The molecule has 2 saturated carbocycles. The van der Waals surface area contributed by atoms with Gasteiger partial charge in [-0.15, -0.1) is 0 Å². The molecular weight excluding hydrogens is 527 g/mol. The van der Waals surface area contributed by atoms with Gasteiger partial charge in [0.25, 0.3) is 0 Å². The van der Waals surface area contributed by atoms with Crippen molar-refractivity contribution in [2.45, 2.75) is 87.6 Å². The second kappa shape index (κ2) is 10.7. The molecule has 0 saturated heterocycles. The number of allylic oxidation sites excluding steroid dienone is 8. The average Bonchev–Trinajstić information content (AvgIpc) is 3.05. The van der Waals surface area contributed by atoms with E-state index in [9.17, 15) is 0 Å². The van der Waals surface area contributed by atoms with Gasteiger partial charge in [-0.1, -0.05) is 0 Å². The van der Waals surface area contributed by atoms with Crippen LogP contribution in [0.1, 0.15) is 67.2 Å². The van der Waals surface area contributed by atoms with Crippen molar-refractivity contribution >= 4 is 5.43 Å². The average molecular weight is 571 g/mol. The van der Waals surface area contributed by atoms with E-state index in [1.807, 2.05) is 11.1 Å². The molecule has 0 aromatic rings. The fraction of sp³-hybridized carbons (Fsp3) is 0.714. The molecule has 2 fully saturated rings. The van der Waals surface area contributed by atoms with E-state index < -0.39 is 20.4 Å². The maximum Gasteiger partial charge on any atom is -1.00 e. The largest absolute Gasteiger partial charge is 1.00 e. The first-order valence-electron chi connectivity index (χ1n) is 12.4. The first kappa shape index (κ1) is 28.9. The van der Waals surface area contributed by atoms with Crippen LogP contribution in [0.15, 0.2) is 47.6 Å². The van der Waals surface area contributed by atoms with Crippen LogP contribution in [0.5, 0.6) is 0 Å². The smallest absolute Gasteiger partial charge is 1.00 e. The van der Waals surface area contributed by atoms with Gasteiger partial charge in [-0.05, 0) is 0 Å². The predicted molar refractivity (Wildman–Crippen MR) is 131 cm³/mol. The Hall–Kier alpha value is 0.640. The molecule has 32 heavy (non-hydrogen) atoms. The second-order valence-electron chi connectivity index (χ2n) is 12.5. The van der Waals surface area contributed by atoms with Crippen molar-refractivity contribution in [2.24, 2.45) is 34.5 Å². The first-order chi connectivity index (χ1) is 14.0. The monoisotopic (exact) mass is 568 g/mol. The third kappa shape index (κ3) is 5.10. The van der Waals surface area contributed by atoms with Crippen LogP contribution < -0.4 is 24.8 Å². The van der Waals surface area contributed by atoms with Gasteiger partial charge < -0.3 is 24.8 Å². The summed E-state index contributed by atoms with van der Waals surface area (Å²) < 4.78 is 1.96. The van der Waals surface area contributed by atoms with E-state index in [1.165, 1.54) is 25.7 Å². The molecule has 178 valence electrons. The summed E-state index contributed by atoms with van der Waals surface area (Å²) >= 11 is -1.74. The maximum atomic E-state index is 2.70. The Morgan fingerprint density at radius 3 is 1.47 bits per heavy atom. The standard InChI is InChI=1S/2C13H19.C2H6Si.2ClH.Zr/c2*1-10-8-11-6-4-5-7-13(2,3)12(11)9-10;1-3-2;;;/h2*4-6,8,10,12H,7,9H2,1-3H3;1-2H3;2*1H;/q;;;;;+2/p-2. The molecule has 0 heterocycles. The van der Waals surface area contributed by atoms with Crippen molar-refractivity contribution in [1.29, 1.82) is 0 Å². The molecule has 0 N–H and O–H groups in total. The minimum Gasteiger partial charge on any atom is -1.00 e. The summed E-state index contributed by atoms with van der Waals surface area (Å²) in [5.74, 6) is 3.44. The molecule has 4 aliphatic carbocycles. The van der Waals surface area contributed by atoms with Crippen molar-refractivity contribution < 1.29 is 45.2 Å². The van der Waals surface area contributed by atoms with Crippen LogP contribution in [0.2, 0.25) is 20.3 Å².